The molecule has 2 rings (SSSR count). The lowest BCUT2D eigenvalue weighted by molar-refractivity contribution is 0.758. The highest BCUT2D eigenvalue weighted by Gasteiger charge is 2.12. The summed E-state index contributed by atoms with van der Waals surface area (Å²) in [6.45, 7) is 4.49. The van der Waals surface area contributed by atoms with Crippen LogP contribution in [0.15, 0.2) is 5.51 Å². The maximum atomic E-state index is 9.07. The van der Waals surface area contributed by atoms with Crippen molar-refractivity contribution in [2.45, 2.75) is 20.4 Å². The van der Waals surface area contributed by atoms with Crippen molar-refractivity contribution in [3.63, 3.8) is 0 Å². The lowest BCUT2D eigenvalue weighted by atomic mass is 10.2. The first-order valence-corrected chi connectivity index (χ1v) is 6.08. The Morgan fingerprint density at radius 1 is 1.47 bits per heavy atom. The number of rotatable bonds is 3. The lowest BCUT2D eigenvalue weighted by Crippen LogP contribution is -2.05. The van der Waals surface area contributed by atoms with Crippen molar-refractivity contribution in [1.82, 2.24) is 14.8 Å². The highest BCUT2D eigenvalue weighted by atomic mass is 32.1. The number of aryl methyl sites for hydroxylation is 3. The van der Waals surface area contributed by atoms with E-state index >= 15 is 0 Å². The zero-order chi connectivity index (χ0) is 12.4. The normalized spacial score (nSPS) is 10.2. The van der Waals surface area contributed by atoms with E-state index in [-0.39, 0.29) is 0 Å². The van der Waals surface area contributed by atoms with Gasteiger partial charge in [-0.25, -0.2) is 4.98 Å². The van der Waals surface area contributed by atoms with Crippen molar-refractivity contribution in [1.29, 1.82) is 5.26 Å². The number of thiazole rings is 1. The minimum absolute atomic E-state index is 0.606. The Kier molecular flexibility index (Phi) is 3.11. The average Bonchev–Trinajstić information content (AvgIpc) is 2.80. The van der Waals surface area contributed by atoms with Crippen molar-refractivity contribution >= 4 is 17.2 Å². The van der Waals surface area contributed by atoms with Crippen LogP contribution in [0.2, 0.25) is 0 Å². The van der Waals surface area contributed by atoms with Crippen molar-refractivity contribution in [2.24, 2.45) is 7.05 Å². The zero-order valence-electron chi connectivity index (χ0n) is 9.98. The maximum Gasteiger partial charge on any atom is 0.142 e. The Balaban J connectivity index is 2.20. The van der Waals surface area contributed by atoms with Crippen LogP contribution < -0.4 is 5.32 Å². The fraction of sp³-hybridized carbons (Fsp3) is 0.364. The van der Waals surface area contributed by atoms with Crippen LogP contribution in [-0.4, -0.2) is 14.8 Å². The molecule has 0 bridgehead atoms. The molecule has 5 nitrogen and oxygen atoms in total. The van der Waals surface area contributed by atoms with Crippen LogP contribution >= 0.6 is 11.3 Å². The molecule has 17 heavy (non-hydrogen) atoms. The molecule has 0 spiro atoms. The molecule has 0 radical (unpaired) electrons. The van der Waals surface area contributed by atoms with Gasteiger partial charge < -0.3 is 5.32 Å². The SMILES string of the molecule is Cc1ncsc1CNc1c(C#N)c(C)nn1C. The summed E-state index contributed by atoms with van der Waals surface area (Å²) in [6.07, 6.45) is 0. The van der Waals surface area contributed by atoms with Crippen molar-refractivity contribution in [3.05, 3.63) is 27.3 Å². The average molecular weight is 247 g/mol. The summed E-state index contributed by atoms with van der Waals surface area (Å²) in [4.78, 5) is 5.36. The van der Waals surface area contributed by atoms with Gasteiger partial charge in [-0.1, -0.05) is 0 Å². The predicted octanol–water partition coefficient (Wildman–Crippen LogP) is 1.98. The van der Waals surface area contributed by atoms with Gasteiger partial charge in [0.05, 0.1) is 23.4 Å². The van der Waals surface area contributed by atoms with Gasteiger partial charge in [0.1, 0.15) is 17.5 Å². The van der Waals surface area contributed by atoms with Gasteiger partial charge in [-0.15, -0.1) is 11.3 Å². The molecule has 0 aliphatic rings. The molecule has 0 amide bonds. The van der Waals surface area contributed by atoms with E-state index in [0.29, 0.717) is 12.1 Å². The second-order valence-corrected chi connectivity index (χ2v) is 4.70. The Morgan fingerprint density at radius 3 is 2.82 bits per heavy atom. The van der Waals surface area contributed by atoms with Crippen molar-refractivity contribution in [2.75, 3.05) is 5.32 Å². The highest BCUT2D eigenvalue weighted by Crippen LogP contribution is 2.20. The zero-order valence-corrected chi connectivity index (χ0v) is 10.8. The Hall–Kier alpha value is -1.87. The summed E-state index contributed by atoms with van der Waals surface area (Å²) in [6, 6.07) is 2.17. The van der Waals surface area contributed by atoms with Gasteiger partial charge in [0, 0.05) is 11.9 Å². The molecule has 1 N–H and O–H groups in total. The van der Waals surface area contributed by atoms with Gasteiger partial charge in [-0.2, -0.15) is 10.4 Å². The van der Waals surface area contributed by atoms with E-state index in [2.05, 4.69) is 21.5 Å². The topological polar surface area (TPSA) is 66.5 Å². The third-order valence-electron chi connectivity index (χ3n) is 2.60. The summed E-state index contributed by atoms with van der Waals surface area (Å²) in [5, 5.41) is 16.5. The van der Waals surface area contributed by atoms with Crippen LogP contribution in [0.25, 0.3) is 0 Å². The van der Waals surface area contributed by atoms with Gasteiger partial charge in [0.25, 0.3) is 0 Å². The number of nitrogens with zero attached hydrogens (tertiary/aromatic N) is 4. The number of anilines is 1. The van der Waals surface area contributed by atoms with Crippen LogP contribution in [0.4, 0.5) is 5.82 Å². The first-order chi connectivity index (χ1) is 8.13. The summed E-state index contributed by atoms with van der Waals surface area (Å²) in [5.74, 6) is 0.762. The smallest absolute Gasteiger partial charge is 0.142 e. The van der Waals surface area contributed by atoms with Crippen LogP contribution in [0.1, 0.15) is 21.8 Å². The largest absolute Gasteiger partial charge is 0.364 e. The quantitative estimate of drug-likeness (QED) is 0.900. The van der Waals surface area contributed by atoms with Gasteiger partial charge in [-0.3, -0.25) is 4.68 Å². The van der Waals surface area contributed by atoms with Crippen LogP contribution in [-0.2, 0) is 13.6 Å². The van der Waals surface area contributed by atoms with Crippen molar-refractivity contribution in [3.8, 4) is 6.07 Å². The Labute approximate surface area is 104 Å². The van der Waals surface area contributed by atoms with E-state index in [4.69, 9.17) is 5.26 Å². The summed E-state index contributed by atoms with van der Waals surface area (Å²) >= 11 is 1.61. The molecule has 0 aliphatic heterocycles. The standard InChI is InChI=1S/C11H13N5S/c1-7-9(4-12)11(16(3)15-7)13-5-10-8(2)14-6-17-10/h6,13H,5H2,1-3H3. The van der Waals surface area contributed by atoms with Crippen LogP contribution in [0, 0.1) is 25.2 Å². The molecule has 0 fully saturated rings. The molecule has 0 aromatic carbocycles. The third-order valence-corrected chi connectivity index (χ3v) is 3.53. The molecular formula is C11H13N5S. The summed E-state index contributed by atoms with van der Waals surface area (Å²) in [7, 11) is 1.83. The van der Waals surface area contributed by atoms with Gasteiger partial charge in [-0.05, 0) is 13.8 Å². The second-order valence-electron chi connectivity index (χ2n) is 3.76. The molecule has 6 heteroatoms. The van der Waals surface area contributed by atoms with Gasteiger partial charge in [0.15, 0.2) is 0 Å². The molecule has 2 aromatic heterocycles. The number of hydrogen-bond donors (Lipinski definition) is 1. The molecule has 0 saturated carbocycles. The first-order valence-electron chi connectivity index (χ1n) is 5.20. The van der Waals surface area contributed by atoms with E-state index in [0.717, 1.165) is 17.2 Å². The molecule has 0 saturated heterocycles. The molecule has 0 atom stereocenters. The number of nitriles is 1. The summed E-state index contributed by atoms with van der Waals surface area (Å²) in [5.41, 5.74) is 4.21. The molecular weight excluding hydrogens is 234 g/mol. The maximum absolute atomic E-state index is 9.07. The molecule has 88 valence electrons. The van der Waals surface area contributed by atoms with E-state index in [1.54, 1.807) is 16.0 Å². The van der Waals surface area contributed by atoms with Gasteiger partial charge >= 0.3 is 0 Å². The van der Waals surface area contributed by atoms with Gasteiger partial charge in [0.2, 0.25) is 0 Å². The van der Waals surface area contributed by atoms with E-state index in [9.17, 15) is 0 Å². The van der Waals surface area contributed by atoms with Crippen LogP contribution in [0.3, 0.4) is 0 Å². The summed E-state index contributed by atoms with van der Waals surface area (Å²) < 4.78 is 1.70. The van der Waals surface area contributed by atoms with E-state index < -0.39 is 0 Å². The third kappa shape index (κ3) is 2.15. The number of nitrogens with one attached hydrogen (secondary N) is 1. The van der Waals surface area contributed by atoms with E-state index in [1.165, 1.54) is 4.88 Å². The van der Waals surface area contributed by atoms with Crippen LogP contribution in [0.5, 0.6) is 0 Å². The molecule has 0 aliphatic carbocycles. The fourth-order valence-corrected chi connectivity index (χ4v) is 2.37. The van der Waals surface area contributed by atoms with Crippen molar-refractivity contribution < 1.29 is 0 Å². The Bertz CT molecular complexity index is 575. The highest BCUT2D eigenvalue weighted by molar-refractivity contribution is 7.09. The first kappa shape index (κ1) is 11.6. The minimum atomic E-state index is 0.606. The molecule has 2 heterocycles. The lowest BCUT2D eigenvalue weighted by Gasteiger charge is -2.05. The molecule has 0 unspecified atom stereocenters. The Morgan fingerprint density at radius 2 is 2.24 bits per heavy atom. The predicted molar refractivity (Wildman–Crippen MR) is 66.8 cm³/mol. The molecule has 2 aromatic rings. The van der Waals surface area contributed by atoms with E-state index in [1.807, 2.05) is 26.4 Å². The number of aromatic nitrogens is 3. The second kappa shape index (κ2) is 4.55. The number of hydrogen-bond acceptors (Lipinski definition) is 5. The minimum Gasteiger partial charge on any atom is -0.364 e. The monoisotopic (exact) mass is 247 g/mol. The fourth-order valence-electron chi connectivity index (χ4n) is 1.65.